The van der Waals surface area contributed by atoms with Crippen molar-refractivity contribution in [2.24, 2.45) is 0 Å². The van der Waals surface area contributed by atoms with Crippen LogP contribution in [0.4, 0.5) is 0 Å². The average molecular weight is 241 g/mol. The molecule has 1 unspecified atom stereocenters. The molecule has 2 heterocycles. The van der Waals surface area contributed by atoms with Crippen molar-refractivity contribution >= 4 is 5.78 Å². The van der Waals surface area contributed by atoms with E-state index in [1.165, 1.54) is 0 Å². The average Bonchev–Trinajstić information content (AvgIpc) is 3.11. The Labute approximate surface area is 106 Å². The fourth-order valence-electron chi connectivity index (χ4n) is 2.18. The predicted octanol–water partition coefficient (Wildman–Crippen LogP) is 2.91. The van der Waals surface area contributed by atoms with Gasteiger partial charge in [0.05, 0.1) is 12.3 Å². The first-order valence-corrected chi connectivity index (χ1v) is 6.20. The molecular weight excluding hydrogens is 226 g/mol. The van der Waals surface area contributed by atoms with Crippen molar-refractivity contribution in [3.05, 3.63) is 60.1 Å². The molecule has 1 aliphatic rings. The second-order valence-electron chi connectivity index (χ2n) is 4.56. The summed E-state index contributed by atoms with van der Waals surface area (Å²) in [5.74, 6) is 1.06. The van der Waals surface area contributed by atoms with E-state index >= 15 is 0 Å². The van der Waals surface area contributed by atoms with E-state index in [2.05, 4.69) is 4.90 Å². The van der Waals surface area contributed by atoms with Crippen LogP contribution in [0.2, 0.25) is 0 Å². The minimum absolute atomic E-state index is 0.0905. The van der Waals surface area contributed by atoms with E-state index in [-0.39, 0.29) is 11.8 Å². The number of carbonyl (C=O) groups excluding carboxylic acids is 1. The standard InChI is InChI=1S/C15H15NO2/c17-14(12-5-2-1-3-6-12)11-13(16-8-9-16)15-7-4-10-18-15/h1-7,10,13H,8-9,11H2. The summed E-state index contributed by atoms with van der Waals surface area (Å²) in [5, 5.41) is 0. The van der Waals surface area contributed by atoms with Crippen LogP contribution >= 0.6 is 0 Å². The number of hydrogen-bond acceptors (Lipinski definition) is 3. The molecule has 18 heavy (non-hydrogen) atoms. The van der Waals surface area contributed by atoms with E-state index in [1.54, 1.807) is 6.26 Å². The smallest absolute Gasteiger partial charge is 0.164 e. The molecule has 3 nitrogen and oxygen atoms in total. The molecule has 1 fully saturated rings. The number of ketones is 1. The lowest BCUT2D eigenvalue weighted by atomic mass is 10.0. The normalized spacial score (nSPS) is 16.4. The third-order valence-corrected chi connectivity index (χ3v) is 3.27. The Morgan fingerprint density at radius 1 is 1.17 bits per heavy atom. The van der Waals surface area contributed by atoms with Gasteiger partial charge in [-0.3, -0.25) is 9.69 Å². The van der Waals surface area contributed by atoms with Crippen LogP contribution in [0.1, 0.15) is 28.6 Å². The highest BCUT2D eigenvalue weighted by atomic mass is 16.3. The molecule has 0 radical (unpaired) electrons. The maximum Gasteiger partial charge on any atom is 0.164 e. The zero-order chi connectivity index (χ0) is 12.4. The molecule has 0 spiro atoms. The van der Waals surface area contributed by atoms with Crippen molar-refractivity contribution in [2.75, 3.05) is 13.1 Å². The molecule has 0 N–H and O–H groups in total. The zero-order valence-electron chi connectivity index (χ0n) is 10.1. The zero-order valence-corrected chi connectivity index (χ0v) is 10.1. The minimum Gasteiger partial charge on any atom is -0.468 e. The van der Waals surface area contributed by atoms with Crippen molar-refractivity contribution in [1.29, 1.82) is 0 Å². The fraction of sp³-hybridized carbons (Fsp3) is 0.267. The number of nitrogens with zero attached hydrogens (tertiary/aromatic N) is 1. The van der Waals surface area contributed by atoms with E-state index in [0.29, 0.717) is 6.42 Å². The fourth-order valence-corrected chi connectivity index (χ4v) is 2.18. The van der Waals surface area contributed by atoms with Crippen LogP contribution in [0, 0.1) is 0 Å². The van der Waals surface area contributed by atoms with Gasteiger partial charge in [0, 0.05) is 25.1 Å². The Bertz CT molecular complexity index is 515. The van der Waals surface area contributed by atoms with Crippen LogP contribution in [0.25, 0.3) is 0 Å². The summed E-state index contributed by atoms with van der Waals surface area (Å²) in [6.07, 6.45) is 2.15. The lowest BCUT2D eigenvalue weighted by Crippen LogP contribution is -2.14. The van der Waals surface area contributed by atoms with Gasteiger partial charge in [0.1, 0.15) is 5.76 Å². The largest absolute Gasteiger partial charge is 0.468 e. The minimum atomic E-state index is 0.0905. The van der Waals surface area contributed by atoms with Crippen molar-refractivity contribution in [3.8, 4) is 0 Å². The molecule has 0 saturated carbocycles. The van der Waals surface area contributed by atoms with Gasteiger partial charge in [-0.25, -0.2) is 0 Å². The summed E-state index contributed by atoms with van der Waals surface area (Å²) in [6, 6.07) is 13.4. The lowest BCUT2D eigenvalue weighted by molar-refractivity contribution is 0.0951. The van der Waals surface area contributed by atoms with Gasteiger partial charge in [-0.1, -0.05) is 30.3 Å². The monoisotopic (exact) mass is 241 g/mol. The molecule has 1 aromatic heterocycles. The van der Waals surface area contributed by atoms with Crippen LogP contribution in [0.3, 0.4) is 0 Å². The van der Waals surface area contributed by atoms with E-state index < -0.39 is 0 Å². The molecule has 0 amide bonds. The molecule has 2 aromatic rings. The highest BCUT2D eigenvalue weighted by Crippen LogP contribution is 2.30. The Morgan fingerprint density at radius 2 is 1.94 bits per heavy atom. The molecule has 1 aromatic carbocycles. The van der Waals surface area contributed by atoms with Gasteiger partial charge < -0.3 is 4.42 Å². The highest BCUT2D eigenvalue weighted by molar-refractivity contribution is 5.96. The van der Waals surface area contributed by atoms with Crippen LogP contribution in [0.5, 0.6) is 0 Å². The molecule has 0 aliphatic carbocycles. The number of Topliss-reactive ketones (excluding diaryl/α,β-unsaturated/α-hetero) is 1. The van der Waals surface area contributed by atoms with Crippen molar-refractivity contribution in [1.82, 2.24) is 4.90 Å². The second-order valence-corrected chi connectivity index (χ2v) is 4.56. The van der Waals surface area contributed by atoms with E-state index in [9.17, 15) is 4.79 Å². The molecule has 92 valence electrons. The van der Waals surface area contributed by atoms with Gasteiger partial charge in [0.15, 0.2) is 5.78 Å². The maximum atomic E-state index is 12.2. The summed E-state index contributed by atoms with van der Waals surface area (Å²) >= 11 is 0. The van der Waals surface area contributed by atoms with Gasteiger partial charge in [0.2, 0.25) is 0 Å². The van der Waals surface area contributed by atoms with Crippen molar-refractivity contribution in [2.45, 2.75) is 12.5 Å². The predicted molar refractivity (Wildman–Crippen MR) is 68.4 cm³/mol. The van der Waals surface area contributed by atoms with Crippen LogP contribution in [-0.4, -0.2) is 23.8 Å². The molecular formula is C15H15NO2. The summed E-state index contributed by atoms with van der Waals surface area (Å²) < 4.78 is 5.44. The Balaban J connectivity index is 1.76. The SMILES string of the molecule is O=C(CC(c1ccco1)N1CC1)c1ccccc1. The number of hydrogen-bond donors (Lipinski definition) is 0. The number of benzene rings is 1. The maximum absolute atomic E-state index is 12.2. The van der Waals surface area contributed by atoms with Gasteiger partial charge in [-0.05, 0) is 12.1 Å². The summed E-state index contributed by atoms with van der Waals surface area (Å²) in [6.45, 7) is 2.10. The summed E-state index contributed by atoms with van der Waals surface area (Å²) in [5.41, 5.74) is 0.774. The van der Waals surface area contributed by atoms with Crippen molar-refractivity contribution < 1.29 is 9.21 Å². The van der Waals surface area contributed by atoms with Gasteiger partial charge >= 0.3 is 0 Å². The molecule has 1 saturated heterocycles. The summed E-state index contributed by atoms with van der Waals surface area (Å²) in [4.78, 5) is 14.5. The first-order chi connectivity index (χ1) is 8.84. The van der Waals surface area contributed by atoms with Gasteiger partial charge in [-0.15, -0.1) is 0 Å². The third kappa shape index (κ3) is 2.36. The number of furan rings is 1. The Morgan fingerprint density at radius 3 is 2.56 bits per heavy atom. The molecule has 1 aliphatic heterocycles. The number of carbonyl (C=O) groups is 1. The van der Waals surface area contributed by atoms with E-state index in [0.717, 1.165) is 24.4 Å². The highest BCUT2D eigenvalue weighted by Gasteiger charge is 2.32. The van der Waals surface area contributed by atoms with Crippen LogP contribution in [-0.2, 0) is 0 Å². The Hall–Kier alpha value is -1.87. The number of rotatable bonds is 5. The topological polar surface area (TPSA) is 33.2 Å². The quantitative estimate of drug-likeness (QED) is 0.596. The molecule has 3 rings (SSSR count). The molecule has 3 heteroatoms. The van der Waals surface area contributed by atoms with E-state index in [4.69, 9.17) is 4.42 Å². The second kappa shape index (κ2) is 4.78. The lowest BCUT2D eigenvalue weighted by Gasteiger charge is -2.14. The van der Waals surface area contributed by atoms with E-state index in [1.807, 2.05) is 42.5 Å². The third-order valence-electron chi connectivity index (χ3n) is 3.27. The first-order valence-electron chi connectivity index (χ1n) is 6.20. The van der Waals surface area contributed by atoms with Crippen molar-refractivity contribution in [3.63, 3.8) is 0 Å². The molecule has 0 bridgehead atoms. The Kier molecular flexibility index (Phi) is 2.99. The van der Waals surface area contributed by atoms with Gasteiger partial charge in [0.25, 0.3) is 0 Å². The van der Waals surface area contributed by atoms with Gasteiger partial charge in [-0.2, -0.15) is 0 Å². The van der Waals surface area contributed by atoms with Crippen LogP contribution < -0.4 is 0 Å². The van der Waals surface area contributed by atoms with Crippen LogP contribution in [0.15, 0.2) is 53.1 Å². The first kappa shape index (κ1) is 11.2. The summed E-state index contributed by atoms with van der Waals surface area (Å²) in [7, 11) is 0. The molecule has 1 atom stereocenters.